The Balaban J connectivity index is 1.42. The van der Waals surface area contributed by atoms with Crippen LogP contribution < -0.4 is 153 Å². The predicted molar refractivity (Wildman–Crippen MR) is 354 cm³/mol. The molecular formula is C45B28N4O. The highest BCUT2D eigenvalue weighted by atomic mass is 16.3. The van der Waals surface area contributed by atoms with Gasteiger partial charge in [0.2, 0.25) is 0 Å². The highest BCUT2D eigenvalue weighted by Gasteiger charge is 2.32. The minimum absolute atomic E-state index is 0.00697. The predicted octanol–water partition coefficient (Wildman–Crippen LogP) is -22.2. The largest absolute Gasteiger partial charge is 0.455 e. The zero-order valence-electron chi connectivity index (χ0n) is 40.9. The fourth-order valence-electron chi connectivity index (χ4n) is 10.00. The van der Waals surface area contributed by atoms with Crippen LogP contribution >= 0.6 is 0 Å². The minimum Gasteiger partial charge on any atom is -0.455 e. The molecule has 0 aliphatic heterocycles. The molecule has 78 heavy (non-hydrogen) atoms. The summed E-state index contributed by atoms with van der Waals surface area (Å²) in [6.07, 6.45) is 0. The maximum atomic E-state index is 7.18. The number of hydrogen-bond acceptors (Lipinski definition) is 4. The van der Waals surface area contributed by atoms with Crippen molar-refractivity contribution in [2.45, 2.75) is 0 Å². The highest BCUT2D eigenvalue weighted by Crippen LogP contribution is 2.37. The van der Waals surface area contributed by atoms with Crippen molar-refractivity contribution in [1.29, 1.82) is 0 Å². The number of aromatic nitrogens is 4. The molecule has 290 valence electrons. The summed E-state index contributed by atoms with van der Waals surface area (Å²) < 4.78 is 8.19. The summed E-state index contributed by atoms with van der Waals surface area (Å²) in [5, 5.41) is 0.0423. The van der Waals surface area contributed by atoms with Crippen LogP contribution in [0.3, 0.4) is 0 Å². The molecule has 33 heteroatoms. The van der Waals surface area contributed by atoms with Crippen LogP contribution in [0.5, 0.6) is 0 Å². The van der Waals surface area contributed by atoms with Gasteiger partial charge >= 0.3 is 0 Å². The van der Waals surface area contributed by atoms with Crippen LogP contribution in [0, 0.1) is 0 Å². The van der Waals surface area contributed by atoms with E-state index in [-0.39, 0.29) is 248 Å². The van der Waals surface area contributed by atoms with E-state index in [1.165, 1.54) is 4.57 Å². The van der Waals surface area contributed by atoms with E-state index in [1.807, 2.05) is 0 Å². The van der Waals surface area contributed by atoms with Crippen LogP contribution in [0.1, 0.15) is 0 Å². The molecule has 5 nitrogen and oxygen atoms in total. The summed E-state index contributed by atoms with van der Waals surface area (Å²) in [6, 6.07) is 0. The fraction of sp³-hybridized carbons (Fsp3) is 0. The van der Waals surface area contributed by atoms with Gasteiger partial charge in [0.25, 0.3) is 0 Å². The molecule has 10 aromatic rings. The van der Waals surface area contributed by atoms with Crippen LogP contribution in [0.2, 0.25) is 0 Å². The van der Waals surface area contributed by atoms with E-state index in [1.54, 1.807) is 0 Å². The van der Waals surface area contributed by atoms with Gasteiger partial charge in [-0.25, -0.2) is 15.0 Å². The lowest BCUT2D eigenvalue weighted by molar-refractivity contribution is 0.670. The summed E-state index contributed by atoms with van der Waals surface area (Å²) in [5.74, 6) is -0.949. The van der Waals surface area contributed by atoms with E-state index in [2.05, 4.69) is 4.98 Å². The van der Waals surface area contributed by atoms with Crippen LogP contribution in [0.15, 0.2) is 4.42 Å². The summed E-state index contributed by atoms with van der Waals surface area (Å²) in [6.45, 7) is 0. The maximum absolute atomic E-state index is 7.18. The van der Waals surface area contributed by atoms with Crippen LogP contribution in [0.4, 0.5) is 0 Å². The number of furan rings is 1. The third-order valence-electron chi connectivity index (χ3n) is 14.4. The van der Waals surface area contributed by atoms with Gasteiger partial charge in [-0.1, -0.05) is 81.9 Å². The van der Waals surface area contributed by atoms with E-state index >= 15 is 0 Å². The molecule has 0 saturated carbocycles. The second kappa shape index (κ2) is 19.3. The lowest BCUT2D eigenvalue weighted by Gasteiger charge is -2.26. The normalized spacial score (nSPS) is 11.7. The average molecular weight is 915 g/mol. The molecule has 0 fully saturated rings. The lowest BCUT2D eigenvalue weighted by atomic mass is 9.57. The lowest BCUT2D eigenvalue weighted by Crippen LogP contribution is -2.56. The van der Waals surface area contributed by atoms with Gasteiger partial charge in [-0.3, -0.25) is 0 Å². The van der Waals surface area contributed by atoms with Crippen molar-refractivity contribution in [3.05, 3.63) is 0 Å². The summed E-state index contributed by atoms with van der Waals surface area (Å²) in [7, 11) is 186. The molecule has 0 atom stereocenters. The van der Waals surface area contributed by atoms with Gasteiger partial charge in [0.1, 0.15) is 225 Å². The zero-order chi connectivity index (χ0) is 57.4. The SMILES string of the molecule is [B]c1c([B])c([B])c(-c2nc(-c3c([B])c([B])c([B])c([B])c3[B])nc(-c3c([B])c([B])c([B])c4oc5c(-n6c7c([B])c([B])c([B])c([B])c7c7c([B])c(-c8c([B])c([B])c([B])c([B])c8[B])c([B])c([B])c76)c([B])c([B])c([B])c5c34)n2)c([B])c1[B]. The van der Waals surface area contributed by atoms with E-state index in [9.17, 15) is 0 Å². The molecule has 0 amide bonds. The number of fused-ring (bicyclic) bond motifs is 6. The number of benzene rings is 7. The standard InChI is InChI=1S/C45B28N4O/c46-10-2(3-11(47)21(57)30(66)22(58)12(3)48)13(49)34(70)38-4(10)5-14(50)23(59)33(69)35(71)39(5)77(38)40-36(72)28(64)15(51)6-1-7(16(52)29(65)37(73)41(1)78-42(6)40)43-74-44(8-17(53)24(60)31(67)25(61)18(8)54)76-45(75-43)9-19(55)26(62)32(68)27(63)20(9)56. The first-order chi connectivity index (χ1) is 36.4. The Kier molecular flexibility index (Phi) is 13.9. The second-order valence-corrected chi connectivity index (χ2v) is 18.4. The Labute approximate surface area is 488 Å². The van der Waals surface area contributed by atoms with Crippen molar-refractivity contribution in [3.63, 3.8) is 0 Å². The summed E-state index contributed by atoms with van der Waals surface area (Å²) in [5.41, 5.74) is -5.94. The second-order valence-electron chi connectivity index (χ2n) is 18.4. The Morgan fingerprint density at radius 3 is 0.910 bits per heavy atom. The molecule has 0 spiro atoms. The summed E-state index contributed by atoms with van der Waals surface area (Å²) in [4.78, 5) is 14.3. The molecule has 56 radical (unpaired) electrons. The Morgan fingerprint density at radius 1 is 0.205 bits per heavy atom. The third kappa shape index (κ3) is 7.52. The van der Waals surface area contributed by atoms with Crippen molar-refractivity contribution in [2.75, 3.05) is 0 Å². The van der Waals surface area contributed by atoms with Crippen molar-refractivity contribution >= 4 is 416 Å². The molecule has 0 aliphatic rings. The van der Waals surface area contributed by atoms with Crippen molar-refractivity contribution in [1.82, 2.24) is 19.5 Å². The van der Waals surface area contributed by atoms with Crippen LogP contribution in [-0.2, 0) is 0 Å². The topological polar surface area (TPSA) is 56.7 Å². The number of rotatable bonds is 5. The molecule has 10 rings (SSSR count). The molecule has 0 unspecified atom stereocenters. The Morgan fingerprint density at radius 2 is 0.474 bits per heavy atom. The van der Waals surface area contributed by atoms with E-state index in [0.717, 1.165) is 0 Å². The first-order valence-corrected chi connectivity index (χ1v) is 22.5. The Bertz CT molecular complexity index is 4320. The first kappa shape index (κ1) is 56.3. The van der Waals surface area contributed by atoms with Crippen LogP contribution in [-0.4, -0.2) is 239 Å². The van der Waals surface area contributed by atoms with Gasteiger partial charge in [0.15, 0.2) is 23.1 Å². The van der Waals surface area contributed by atoms with E-state index < -0.39 is 0 Å². The third-order valence-corrected chi connectivity index (χ3v) is 14.4. The van der Waals surface area contributed by atoms with E-state index in [0.29, 0.717) is 0 Å². The monoisotopic (exact) mass is 920 g/mol. The molecule has 0 aliphatic carbocycles. The molecule has 0 N–H and O–H groups in total. The fourth-order valence-corrected chi connectivity index (χ4v) is 10.00. The molecular weight excluding hydrogens is 915 g/mol. The number of hydrogen-bond donors (Lipinski definition) is 0. The van der Waals surface area contributed by atoms with Crippen LogP contribution in [0.25, 0.3) is 94.7 Å². The van der Waals surface area contributed by atoms with Crippen molar-refractivity contribution < 1.29 is 4.42 Å². The highest BCUT2D eigenvalue weighted by molar-refractivity contribution is 6.75. The quantitative estimate of drug-likeness (QED) is 0.161. The van der Waals surface area contributed by atoms with E-state index in [4.69, 9.17) is 234 Å². The first-order valence-electron chi connectivity index (χ1n) is 22.5. The Hall–Kier alpha value is -5.03. The molecule has 7 aromatic carbocycles. The van der Waals surface area contributed by atoms with Gasteiger partial charge in [-0.15, -0.1) is 71.0 Å². The minimum atomic E-state index is -0.333. The van der Waals surface area contributed by atoms with Gasteiger partial charge < -0.3 is 8.98 Å². The van der Waals surface area contributed by atoms with Crippen molar-refractivity contribution in [2.24, 2.45) is 0 Å². The number of nitrogens with zero attached hydrogens (tertiary/aromatic N) is 4. The maximum Gasteiger partial charge on any atom is 0.164 e. The van der Waals surface area contributed by atoms with Crippen molar-refractivity contribution in [3.8, 4) is 51.0 Å². The smallest absolute Gasteiger partial charge is 0.164 e. The van der Waals surface area contributed by atoms with Gasteiger partial charge in [0, 0.05) is 43.9 Å². The molecule has 0 saturated heterocycles. The van der Waals surface area contributed by atoms with Gasteiger partial charge in [-0.2, -0.15) is 0 Å². The molecule has 3 heterocycles. The van der Waals surface area contributed by atoms with Gasteiger partial charge in [-0.05, 0) is 16.5 Å². The summed E-state index contributed by atoms with van der Waals surface area (Å²) >= 11 is 0. The van der Waals surface area contributed by atoms with Gasteiger partial charge in [0.05, 0.1) is 5.69 Å². The average Bonchev–Trinajstić information content (AvgIpc) is 3.99. The zero-order valence-corrected chi connectivity index (χ0v) is 40.9. The molecule has 3 aromatic heterocycles. The molecule has 0 bridgehead atoms.